The van der Waals surface area contributed by atoms with E-state index in [1.165, 1.54) is 0 Å². The second-order valence-electron chi connectivity index (χ2n) is 8.12. The Morgan fingerprint density at radius 2 is 1.87 bits per heavy atom. The third-order valence-electron chi connectivity index (χ3n) is 6.40. The van der Waals surface area contributed by atoms with Crippen molar-refractivity contribution in [1.82, 2.24) is 9.88 Å². The van der Waals surface area contributed by atoms with Crippen LogP contribution in [0.25, 0.3) is 11.1 Å². The van der Waals surface area contributed by atoms with Crippen LogP contribution in [0.4, 0.5) is 5.69 Å². The van der Waals surface area contributed by atoms with Crippen LogP contribution < -0.4 is 5.32 Å². The summed E-state index contributed by atoms with van der Waals surface area (Å²) in [6, 6.07) is 20.4. The molecule has 2 N–H and O–H groups in total. The fourth-order valence-electron chi connectivity index (χ4n) is 4.93. The molecule has 30 heavy (non-hydrogen) atoms. The highest BCUT2D eigenvalue weighted by Gasteiger charge is 2.45. The number of rotatable bonds is 4. The van der Waals surface area contributed by atoms with Gasteiger partial charge in [-0.3, -0.25) is 9.78 Å². The number of benzene rings is 2. The number of nitrogens with one attached hydrogen (secondary N) is 1. The lowest BCUT2D eigenvalue weighted by atomic mass is 9.82. The summed E-state index contributed by atoms with van der Waals surface area (Å²) in [5, 5.41) is 13.5. The largest absolute Gasteiger partial charge is 0.394 e. The van der Waals surface area contributed by atoms with Gasteiger partial charge in [0.05, 0.1) is 25.1 Å². The summed E-state index contributed by atoms with van der Waals surface area (Å²) in [4.78, 5) is 19.3. The Bertz CT molecular complexity index is 1040. The minimum Gasteiger partial charge on any atom is -0.394 e. The first-order valence-electron chi connectivity index (χ1n) is 10.5. The molecule has 0 saturated carbocycles. The number of aromatic nitrogens is 1. The van der Waals surface area contributed by atoms with E-state index in [-0.39, 0.29) is 30.5 Å². The van der Waals surface area contributed by atoms with E-state index in [0.717, 1.165) is 34.4 Å². The molecule has 2 aliphatic heterocycles. The maximum absolute atomic E-state index is 13.3. The number of aliphatic hydroxyl groups is 1. The lowest BCUT2D eigenvalue weighted by Crippen LogP contribution is -2.43. The molecule has 0 spiro atoms. The van der Waals surface area contributed by atoms with Crippen LogP contribution in [-0.4, -0.2) is 40.1 Å². The molecule has 0 radical (unpaired) electrons. The Balaban J connectivity index is 1.51. The summed E-state index contributed by atoms with van der Waals surface area (Å²) in [5.74, 6) is 0.332. The summed E-state index contributed by atoms with van der Waals surface area (Å²) < 4.78 is 0. The third-order valence-corrected chi connectivity index (χ3v) is 6.40. The van der Waals surface area contributed by atoms with Crippen LogP contribution in [0.3, 0.4) is 0 Å². The van der Waals surface area contributed by atoms with Crippen LogP contribution in [0.1, 0.15) is 23.6 Å². The highest BCUT2D eigenvalue weighted by atomic mass is 16.3. The number of likely N-dealkylation sites (tertiary alicyclic amines) is 1. The molecule has 2 aliphatic rings. The molecule has 0 unspecified atom stereocenters. The lowest BCUT2D eigenvalue weighted by molar-refractivity contribution is -0.131. The predicted octanol–water partition coefficient (Wildman–Crippen LogP) is 3.67. The Morgan fingerprint density at radius 3 is 2.63 bits per heavy atom. The van der Waals surface area contributed by atoms with E-state index in [9.17, 15) is 9.90 Å². The number of nitrogens with zero attached hydrogens (tertiary/aromatic N) is 2. The summed E-state index contributed by atoms with van der Waals surface area (Å²) >= 11 is 0. The average molecular weight is 399 g/mol. The number of anilines is 1. The van der Waals surface area contributed by atoms with Gasteiger partial charge in [-0.1, -0.05) is 36.4 Å². The number of carbonyl (C=O) groups is 1. The Morgan fingerprint density at radius 1 is 1.07 bits per heavy atom. The standard InChI is InChI=1S/C25H25N3O2/c29-16-23-20-10-13-28(24(30)14-17-8-11-26-12-9-17)25(20)21-15-19(6-7-22(21)27-23)18-4-2-1-3-5-18/h1-9,11-12,15,20,23,25,27,29H,10,13-14,16H2/t20-,23-,25-/m0/s1. The van der Waals surface area contributed by atoms with Gasteiger partial charge >= 0.3 is 0 Å². The second kappa shape index (κ2) is 7.92. The molecule has 1 amide bonds. The van der Waals surface area contributed by atoms with Gasteiger partial charge in [0.1, 0.15) is 0 Å². The molecule has 5 heteroatoms. The van der Waals surface area contributed by atoms with E-state index in [1.807, 2.05) is 35.2 Å². The van der Waals surface area contributed by atoms with Crippen molar-refractivity contribution in [3.05, 3.63) is 84.2 Å². The van der Waals surface area contributed by atoms with Crippen LogP contribution in [0.15, 0.2) is 73.1 Å². The van der Waals surface area contributed by atoms with E-state index in [1.54, 1.807) is 12.4 Å². The van der Waals surface area contributed by atoms with Gasteiger partial charge in [-0.25, -0.2) is 0 Å². The predicted molar refractivity (Wildman–Crippen MR) is 117 cm³/mol. The summed E-state index contributed by atoms with van der Waals surface area (Å²) in [5.41, 5.74) is 5.44. The first-order valence-corrected chi connectivity index (χ1v) is 10.5. The third kappa shape index (κ3) is 3.35. The van der Waals surface area contributed by atoms with Gasteiger partial charge in [-0.05, 0) is 52.9 Å². The summed E-state index contributed by atoms with van der Waals surface area (Å²) in [6.45, 7) is 0.778. The highest BCUT2D eigenvalue weighted by Crippen LogP contribution is 2.47. The van der Waals surface area contributed by atoms with Crippen LogP contribution in [-0.2, 0) is 11.2 Å². The molecule has 3 atom stereocenters. The van der Waals surface area contributed by atoms with Crippen molar-refractivity contribution in [2.24, 2.45) is 5.92 Å². The zero-order valence-electron chi connectivity index (χ0n) is 16.7. The molecule has 3 aromatic rings. The van der Waals surface area contributed by atoms with Crippen LogP contribution in [0.5, 0.6) is 0 Å². The van der Waals surface area contributed by atoms with Crippen LogP contribution in [0.2, 0.25) is 0 Å². The van der Waals surface area contributed by atoms with E-state index in [2.05, 4.69) is 40.6 Å². The summed E-state index contributed by atoms with van der Waals surface area (Å²) in [7, 11) is 0. The number of hydrogen-bond donors (Lipinski definition) is 2. The zero-order chi connectivity index (χ0) is 20.5. The smallest absolute Gasteiger partial charge is 0.227 e. The van der Waals surface area contributed by atoms with E-state index >= 15 is 0 Å². The Kier molecular flexibility index (Phi) is 4.97. The van der Waals surface area contributed by atoms with E-state index < -0.39 is 0 Å². The van der Waals surface area contributed by atoms with Crippen LogP contribution >= 0.6 is 0 Å². The van der Waals surface area contributed by atoms with Gasteiger partial charge in [0.25, 0.3) is 0 Å². The SMILES string of the molecule is O=C(Cc1ccncc1)N1CC[C@H]2[C@H](CO)Nc3ccc(-c4ccccc4)cc3[C@H]21. The van der Waals surface area contributed by atoms with Gasteiger partial charge in [0.2, 0.25) is 5.91 Å². The van der Waals surface area contributed by atoms with Crippen LogP contribution in [0, 0.1) is 5.92 Å². The molecule has 5 rings (SSSR count). The van der Waals surface area contributed by atoms with E-state index in [4.69, 9.17) is 0 Å². The van der Waals surface area contributed by atoms with Gasteiger partial charge in [-0.2, -0.15) is 0 Å². The van der Waals surface area contributed by atoms with Gasteiger partial charge in [-0.15, -0.1) is 0 Å². The number of fused-ring (bicyclic) bond motifs is 3. The van der Waals surface area contributed by atoms with Gasteiger partial charge < -0.3 is 15.3 Å². The molecule has 3 heterocycles. The summed E-state index contributed by atoms with van der Waals surface area (Å²) in [6.07, 6.45) is 4.71. The molecule has 2 aromatic carbocycles. The number of pyridine rings is 1. The second-order valence-corrected chi connectivity index (χ2v) is 8.12. The van der Waals surface area contributed by atoms with Crippen molar-refractivity contribution in [3.63, 3.8) is 0 Å². The van der Waals surface area contributed by atoms with Crippen molar-refractivity contribution < 1.29 is 9.90 Å². The molecule has 0 bridgehead atoms. The molecule has 1 saturated heterocycles. The Labute approximate surface area is 176 Å². The Hall–Kier alpha value is -3.18. The number of hydrogen-bond acceptors (Lipinski definition) is 4. The number of carbonyl (C=O) groups excluding carboxylic acids is 1. The first-order chi connectivity index (χ1) is 14.7. The molecule has 152 valence electrons. The maximum atomic E-state index is 13.3. The number of aliphatic hydroxyl groups excluding tert-OH is 1. The highest BCUT2D eigenvalue weighted by molar-refractivity contribution is 5.81. The van der Waals surface area contributed by atoms with Gasteiger partial charge in [0.15, 0.2) is 0 Å². The van der Waals surface area contributed by atoms with Crippen molar-refractivity contribution in [3.8, 4) is 11.1 Å². The molecule has 5 nitrogen and oxygen atoms in total. The maximum Gasteiger partial charge on any atom is 0.227 e. The zero-order valence-corrected chi connectivity index (χ0v) is 16.7. The lowest BCUT2D eigenvalue weighted by Gasteiger charge is -2.39. The van der Waals surface area contributed by atoms with Gasteiger partial charge in [0, 0.05) is 30.5 Å². The minimum atomic E-state index is -0.0381. The molecule has 0 aliphatic carbocycles. The monoisotopic (exact) mass is 399 g/mol. The van der Waals surface area contributed by atoms with Crippen molar-refractivity contribution >= 4 is 11.6 Å². The fraction of sp³-hybridized carbons (Fsp3) is 0.280. The van der Waals surface area contributed by atoms with E-state index in [0.29, 0.717) is 13.0 Å². The molecule has 1 aromatic heterocycles. The topological polar surface area (TPSA) is 65.5 Å². The van der Waals surface area contributed by atoms with Crippen molar-refractivity contribution in [2.75, 3.05) is 18.5 Å². The minimum absolute atomic E-state index is 0.0172. The normalized spacial score (nSPS) is 22.2. The van der Waals surface area contributed by atoms with Crippen molar-refractivity contribution in [1.29, 1.82) is 0 Å². The average Bonchev–Trinajstić information content (AvgIpc) is 3.25. The fourth-order valence-corrected chi connectivity index (χ4v) is 4.93. The molecular formula is C25H25N3O2. The first kappa shape index (κ1) is 18.8. The molecule has 1 fully saturated rings. The quantitative estimate of drug-likeness (QED) is 0.703. The van der Waals surface area contributed by atoms with Crippen molar-refractivity contribution in [2.45, 2.75) is 24.9 Å². The molecular weight excluding hydrogens is 374 g/mol. The number of amides is 1.